The minimum Gasteiger partial charge on any atom is -0.325 e. The predicted octanol–water partition coefficient (Wildman–Crippen LogP) is 1.89. The molecule has 0 saturated heterocycles. The van der Waals surface area contributed by atoms with Crippen molar-refractivity contribution in [3.63, 3.8) is 0 Å². The minimum atomic E-state index is 0.457. The first-order chi connectivity index (χ1) is 5.24. The van der Waals surface area contributed by atoms with Gasteiger partial charge in [-0.1, -0.05) is 18.6 Å². The quantitative estimate of drug-likeness (QED) is 0.485. The molecule has 0 radical (unpaired) electrons. The van der Waals surface area contributed by atoms with Crippen molar-refractivity contribution in [1.82, 2.24) is 0 Å². The first-order valence-electron chi connectivity index (χ1n) is 3.78. The summed E-state index contributed by atoms with van der Waals surface area (Å²) in [5, 5.41) is 0. The Morgan fingerprint density at radius 1 is 1.64 bits per heavy atom. The maximum Gasteiger partial charge on any atom is 0.0534 e. The van der Waals surface area contributed by atoms with Crippen molar-refractivity contribution >= 4 is 6.72 Å². The SMILES string of the molecule is C=N/C(=C\C(C)=C/CC)CN. The lowest BCUT2D eigenvalue weighted by atomic mass is 10.2. The molecule has 0 aliphatic carbocycles. The summed E-state index contributed by atoms with van der Waals surface area (Å²) in [6, 6.07) is 0. The van der Waals surface area contributed by atoms with Gasteiger partial charge in [0.1, 0.15) is 0 Å². The standard InChI is InChI=1S/C9H16N2/c1-4-5-8(2)6-9(7-10)11-3/h5-6H,3-4,7,10H2,1-2H3/b8-5-,9-6-. The van der Waals surface area contributed by atoms with Crippen LogP contribution in [0.5, 0.6) is 0 Å². The van der Waals surface area contributed by atoms with Crippen LogP contribution in [0.2, 0.25) is 0 Å². The van der Waals surface area contributed by atoms with Crippen LogP contribution in [0.15, 0.2) is 28.4 Å². The zero-order valence-electron chi connectivity index (χ0n) is 7.30. The molecule has 0 atom stereocenters. The molecule has 0 aromatic rings. The van der Waals surface area contributed by atoms with Crippen LogP contribution in [0.3, 0.4) is 0 Å². The molecular formula is C9H16N2. The molecule has 0 fully saturated rings. The van der Waals surface area contributed by atoms with Crippen LogP contribution in [-0.2, 0) is 0 Å². The molecule has 2 nitrogen and oxygen atoms in total. The van der Waals surface area contributed by atoms with Gasteiger partial charge in [-0.05, 0) is 26.1 Å². The molecule has 0 amide bonds. The fourth-order valence-electron chi connectivity index (χ4n) is 0.813. The first-order valence-corrected chi connectivity index (χ1v) is 3.78. The molecule has 0 aromatic heterocycles. The van der Waals surface area contributed by atoms with Gasteiger partial charge < -0.3 is 5.73 Å². The number of rotatable bonds is 4. The highest BCUT2D eigenvalue weighted by Crippen LogP contribution is 2.02. The Hall–Kier alpha value is -0.890. The summed E-state index contributed by atoms with van der Waals surface area (Å²) in [6.07, 6.45) is 5.12. The normalized spacial score (nSPS) is 13.4. The van der Waals surface area contributed by atoms with Crippen molar-refractivity contribution < 1.29 is 0 Å². The van der Waals surface area contributed by atoms with Crippen molar-refractivity contribution in [2.75, 3.05) is 6.54 Å². The topological polar surface area (TPSA) is 38.4 Å². The highest BCUT2D eigenvalue weighted by atomic mass is 14.7. The number of hydrogen-bond acceptors (Lipinski definition) is 2. The van der Waals surface area contributed by atoms with E-state index in [1.54, 1.807) is 0 Å². The van der Waals surface area contributed by atoms with Crippen LogP contribution in [-0.4, -0.2) is 13.3 Å². The third kappa shape index (κ3) is 4.51. The van der Waals surface area contributed by atoms with Gasteiger partial charge in [0.05, 0.1) is 5.70 Å². The third-order valence-electron chi connectivity index (χ3n) is 1.33. The Bertz CT molecular complexity index is 178. The summed E-state index contributed by atoms with van der Waals surface area (Å²) in [5.74, 6) is 0. The van der Waals surface area contributed by atoms with Crippen molar-refractivity contribution in [2.45, 2.75) is 20.3 Å². The Morgan fingerprint density at radius 2 is 2.27 bits per heavy atom. The molecule has 0 heterocycles. The smallest absolute Gasteiger partial charge is 0.0534 e. The molecule has 0 spiro atoms. The van der Waals surface area contributed by atoms with Crippen molar-refractivity contribution in [3.05, 3.63) is 23.4 Å². The third-order valence-corrected chi connectivity index (χ3v) is 1.33. The minimum absolute atomic E-state index is 0.457. The number of aliphatic imine (C=N–C) groups is 1. The second kappa shape index (κ2) is 5.86. The van der Waals surface area contributed by atoms with E-state index in [0.29, 0.717) is 6.54 Å². The molecule has 0 aromatic carbocycles. The second-order valence-electron chi connectivity index (χ2n) is 2.35. The van der Waals surface area contributed by atoms with Gasteiger partial charge in [0, 0.05) is 6.54 Å². The van der Waals surface area contributed by atoms with Gasteiger partial charge in [0.15, 0.2) is 0 Å². The second-order valence-corrected chi connectivity index (χ2v) is 2.35. The fraction of sp³-hybridized carbons (Fsp3) is 0.444. The summed E-state index contributed by atoms with van der Waals surface area (Å²) in [4.78, 5) is 3.77. The molecule has 62 valence electrons. The van der Waals surface area contributed by atoms with Gasteiger partial charge in [-0.25, -0.2) is 0 Å². The Kier molecular flexibility index (Phi) is 5.39. The number of nitrogens with two attached hydrogens (primary N) is 1. The maximum absolute atomic E-state index is 5.40. The molecule has 11 heavy (non-hydrogen) atoms. The number of nitrogens with zero attached hydrogens (tertiary/aromatic N) is 1. The van der Waals surface area contributed by atoms with Crippen molar-refractivity contribution in [1.29, 1.82) is 0 Å². The maximum atomic E-state index is 5.40. The summed E-state index contributed by atoms with van der Waals surface area (Å²) >= 11 is 0. The fourth-order valence-corrected chi connectivity index (χ4v) is 0.813. The molecule has 0 rings (SSSR count). The zero-order valence-corrected chi connectivity index (χ0v) is 7.30. The molecule has 2 heteroatoms. The van der Waals surface area contributed by atoms with Crippen LogP contribution >= 0.6 is 0 Å². The van der Waals surface area contributed by atoms with Gasteiger partial charge in [-0.15, -0.1) is 0 Å². The van der Waals surface area contributed by atoms with E-state index >= 15 is 0 Å². The van der Waals surface area contributed by atoms with Gasteiger partial charge in [-0.2, -0.15) is 0 Å². The van der Waals surface area contributed by atoms with E-state index < -0.39 is 0 Å². The molecule has 0 aliphatic rings. The van der Waals surface area contributed by atoms with E-state index in [0.717, 1.165) is 12.1 Å². The lowest BCUT2D eigenvalue weighted by molar-refractivity contribution is 1.10. The van der Waals surface area contributed by atoms with Crippen LogP contribution < -0.4 is 5.73 Å². The summed E-state index contributed by atoms with van der Waals surface area (Å²) in [6.45, 7) is 8.01. The summed E-state index contributed by atoms with van der Waals surface area (Å²) in [7, 11) is 0. The lowest BCUT2D eigenvalue weighted by Gasteiger charge is -1.95. The van der Waals surface area contributed by atoms with Crippen molar-refractivity contribution in [3.8, 4) is 0 Å². The Balaban J connectivity index is 4.25. The Labute approximate surface area is 68.5 Å². The van der Waals surface area contributed by atoms with Crippen molar-refractivity contribution in [2.24, 2.45) is 10.7 Å². The van der Waals surface area contributed by atoms with Gasteiger partial charge in [0.2, 0.25) is 0 Å². The molecule has 2 N–H and O–H groups in total. The highest BCUT2D eigenvalue weighted by molar-refractivity contribution is 5.32. The van der Waals surface area contributed by atoms with Gasteiger partial charge >= 0.3 is 0 Å². The molecular weight excluding hydrogens is 136 g/mol. The van der Waals surface area contributed by atoms with Crippen LogP contribution in [0.1, 0.15) is 20.3 Å². The van der Waals surface area contributed by atoms with Crippen LogP contribution in [0.4, 0.5) is 0 Å². The molecule has 0 saturated carbocycles. The van der Waals surface area contributed by atoms with E-state index in [-0.39, 0.29) is 0 Å². The zero-order chi connectivity index (χ0) is 8.69. The van der Waals surface area contributed by atoms with Crippen LogP contribution in [0.25, 0.3) is 0 Å². The van der Waals surface area contributed by atoms with Crippen LogP contribution in [0, 0.1) is 0 Å². The monoisotopic (exact) mass is 152 g/mol. The highest BCUT2D eigenvalue weighted by Gasteiger charge is 1.88. The molecule has 0 aliphatic heterocycles. The average molecular weight is 152 g/mol. The van der Waals surface area contributed by atoms with E-state index in [4.69, 9.17) is 5.73 Å². The van der Waals surface area contributed by atoms with E-state index in [9.17, 15) is 0 Å². The van der Waals surface area contributed by atoms with E-state index in [1.807, 2.05) is 13.0 Å². The predicted molar refractivity (Wildman–Crippen MR) is 50.7 cm³/mol. The summed E-state index contributed by atoms with van der Waals surface area (Å²) < 4.78 is 0. The Morgan fingerprint density at radius 3 is 2.64 bits per heavy atom. The molecule has 0 unspecified atom stereocenters. The van der Waals surface area contributed by atoms with Gasteiger partial charge in [-0.3, -0.25) is 4.99 Å². The van der Waals surface area contributed by atoms with E-state index in [2.05, 4.69) is 24.7 Å². The van der Waals surface area contributed by atoms with E-state index in [1.165, 1.54) is 5.57 Å². The largest absolute Gasteiger partial charge is 0.325 e. The number of allylic oxidation sites excluding steroid dienone is 3. The molecule has 0 bridgehead atoms. The first kappa shape index (κ1) is 10.1. The summed E-state index contributed by atoms with van der Waals surface area (Å²) in [5.41, 5.74) is 7.43. The average Bonchev–Trinajstić information content (AvgIpc) is 2.01. The van der Waals surface area contributed by atoms with Gasteiger partial charge in [0.25, 0.3) is 0 Å². The lowest BCUT2D eigenvalue weighted by Crippen LogP contribution is -2.00. The number of hydrogen-bond donors (Lipinski definition) is 1.